The number of nitrogens with two attached hydrogens (primary N) is 1. The number of hydrogen-bond donors (Lipinski definition) is 1. The number of nitrogen functional groups attached to an aromatic ring is 1. The van der Waals surface area contributed by atoms with Crippen LogP contribution in [0.3, 0.4) is 0 Å². The normalized spacial score (nSPS) is 12.1. The maximum Gasteiger partial charge on any atom is 0.338 e. The summed E-state index contributed by atoms with van der Waals surface area (Å²) >= 11 is 0. The molecule has 1 aromatic rings. The Labute approximate surface area is 89.0 Å². The second kappa shape index (κ2) is 5.36. The lowest BCUT2D eigenvalue weighted by atomic mass is 10.2. The van der Waals surface area contributed by atoms with E-state index in [2.05, 4.69) is 0 Å². The van der Waals surface area contributed by atoms with Crippen molar-refractivity contribution in [3.63, 3.8) is 0 Å². The molecule has 0 aliphatic heterocycles. The minimum Gasteiger partial charge on any atom is -0.459 e. The third-order valence-electron chi connectivity index (χ3n) is 2.00. The Balaban J connectivity index is 2.50. The zero-order valence-corrected chi connectivity index (χ0v) is 8.90. The molecule has 0 radical (unpaired) electrons. The highest BCUT2D eigenvalue weighted by atomic mass is 16.6. The molecule has 1 unspecified atom stereocenters. The molecule has 0 bridgehead atoms. The number of rotatable bonds is 4. The number of esters is 1. The van der Waals surface area contributed by atoms with Crippen LogP contribution in [0.15, 0.2) is 24.3 Å². The van der Waals surface area contributed by atoms with Gasteiger partial charge in [0, 0.05) is 12.8 Å². The number of ether oxygens (including phenoxy) is 2. The van der Waals surface area contributed by atoms with Gasteiger partial charge in [-0.3, -0.25) is 0 Å². The molecule has 2 N–H and O–H groups in total. The van der Waals surface area contributed by atoms with Crippen molar-refractivity contribution in [1.29, 1.82) is 0 Å². The van der Waals surface area contributed by atoms with Crippen molar-refractivity contribution in [3.8, 4) is 0 Å². The van der Waals surface area contributed by atoms with Gasteiger partial charge in [-0.2, -0.15) is 0 Å². The summed E-state index contributed by atoms with van der Waals surface area (Å²) in [5.41, 5.74) is 6.61. The van der Waals surface area contributed by atoms with Gasteiger partial charge in [0.15, 0.2) is 0 Å². The quantitative estimate of drug-likeness (QED) is 0.602. The monoisotopic (exact) mass is 209 g/mol. The molecule has 1 aromatic carbocycles. The van der Waals surface area contributed by atoms with E-state index < -0.39 is 0 Å². The van der Waals surface area contributed by atoms with E-state index in [0.29, 0.717) is 11.3 Å². The number of carbonyl (C=O) groups is 1. The molecule has 0 heterocycles. The fraction of sp³-hybridized carbons (Fsp3) is 0.364. The Bertz CT molecular complexity index is 321. The van der Waals surface area contributed by atoms with E-state index in [9.17, 15) is 4.79 Å². The largest absolute Gasteiger partial charge is 0.459 e. The molecule has 0 amide bonds. The molecule has 15 heavy (non-hydrogen) atoms. The van der Waals surface area contributed by atoms with Crippen molar-refractivity contribution >= 4 is 11.7 Å². The standard InChI is InChI=1S/C11H15NO3/c1-8(14-2)7-15-11(13)9-3-5-10(12)6-4-9/h3-6,8H,7,12H2,1-2H3. The molecule has 1 rings (SSSR count). The molecule has 4 heteroatoms. The molecule has 0 aliphatic rings. The van der Waals surface area contributed by atoms with Gasteiger partial charge in [-0.15, -0.1) is 0 Å². The first kappa shape index (κ1) is 11.5. The van der Waals surface area contributed by atoms with Crippen LogP contribution in [0.5, 0.6) is 0 Å². The maximum absolute atomic E-state index is 11.5. The summed E-state index contributed by atoms with van der Waals surface area (Å²) in [4.78, 5) is 11.5. The molecule has 82 valence electrons. The number of methoxy groups -OCH3 is 1. The highest BCUT2D eigenvalue weighted by Gasteiger charge is 2.08. The van der Waals surface area contributed by atoms with E-state index in [1.807, 2.05) is 6.92 Å². The van der Waals surface area contributed by atoms with E-state index in [0.717, 1.165) is 0 Å². The number of anilines is 1. The number of benzene rings is 1. The second-order valence-corrected chi connectivity index (χ2v) is 3.27. The van der Waals surface area contributed by atoms with Gasteiger partial charge >= 0.3 is 5.97 Å². The third kappa shape index (κ3) is 3.59. The predicted octanol–water partition coefficient (Wildman–Crippen LogP) is 1.46. The van der Waals surface area contributed by atoms with Gasteiger partial charge in [-0.1, -0.05) is 0 Å². The predicted molar refractivity (Wildman–Crippen MR) is 57.6 cm³/mol. The molecule has 0 saturated heterocycles. The smallest absolute Gasteiger partial charge is 0.338 e. The first-order valence-electron chi connectivity index (χ1n) is 4.69. The van der Waals surface area contributed by atoms with Gasteiger partial charge in [-0.05, 0) is 31.2 Å². The summed E-state index contributed by atoms with van der Waals surface area (Å²) in [6.45, 7) is 2.08. The average molecular weight is 209 g/mol. The van der Waals surface area contributed by atoms with Crippen molar-refractivity contribution in [2.45, 2.75) is 13.0 Å². The van der Waals surface area contributed by atoms with Gasteiger partial charge < -0.3 is 15.2 Å². The highest BCUT2D eigenvalue weighted by molar-refractivity contribution is 5.89. The van der Waals surface area contributed by atoms with Crippen LogP contribution in [0.25, 0.3) is 0 Å². The van der Waals surface area contributed by atoms with Crippen LogP contribution in [0.2, 0.25) is 0 Å². The summed E-state index contributed by atoms with van der Waals surface area (Å²) in [5.74, 6) is -0.362. The topological polar surface area (TPSA) is 61.5 Å². The van der Waals surface area contributed by atoms with Gasteiger partial charge in [0.2, 0.25) is 0 Å². The SMILES string of the molecule is COC(C)COC(=O)c1ccc(N)cc1. The van der Waals surface area contributed by atoms with Crippen molar-refractivity contribution in [2.24, 2.45) is 0 Å². The summed E-state index contributed by atoms with van der Waals surface area (Å²) in [6.07, 6.45) is -0.0947. The minimum atomic E-state index is -0.362. The van der Waals surface area contributed by atoms with E-state index >= 15 is 0 Å². The summed E-state index contributed by atoms with van der Waals surface area (Å²) in [7, 11) is 1.57. The van der Waals surface area contributed by atoms with Crippen LogP contribution in [0.4, 0.5) is 5.69 Å². The van der Waals surface area contributed by atoms with Gasteiger partial charge in [0.25, 0.3) is 0 Å². The van der Waals surface area contributed by atoms with Crippen molar-refractivity contribution in [2.75, 3.05) is 19.5 Å². The lowest BCUT2D eigenvalue weighted by Crippen LogP contribution is -2.17. The lowest BCUT2D eigenvalue weighted by Gasteiger charge is -2.10. The van der Waals surface area contributed by atoms with E-state index in [4.69, 9.17) is 15.2 Å². The van der Waals surface area contributed by atoms with Gasteiger partial charge in [0.1, 0.15) is 6.61 Å². The molecule has 0 aliphatic carbocycles. The summed E-state index contributed by atoms with van der Waals surface area (Å²) < 4.78 is 9.97. The van der Waals surface area contributed by atoms with Crippen LogP contribution >= 0.6 is 0 Å². The first-order valence-corrected chi connectivity index (χ1v) is 4.69. The molecule has 0 saturated carbocycles. The first-order chi connectivity index (χ1) is 7.13. The van der Waals surface area contributed by atoms with Crippen molar-refractivity contribution in [3.05, 3.63) is 29.8 Å². The Morgan fingerprint density at radius 3 is 2.53 bits per heavy atom. The summed E-state index contributed by atoms with van der Waals surface area (Å²) in [6, 6.07) is 6.59. The molecule has 0 fully saturated rings. The Morgan fingerprint density at radius 1 is 1.40 bits per heavy atom. The Kier molecular flexibility index (Phi) is 4.12. The number of carbonyl (C=O) groups excluding carboxylic acids is 1. The fourth-order valence-electron chi connectivity index (χ4n) is 0.964. The Hall–Kier alpha value is -1.55. The van der Waals surface area contributed by atoms with Crippen molar-refractivity contribution < 1.29 is 14.3 Å². The van der Waals surface area contributed by atoms with Crippen molar-refractivity contribution in [1.82, 2.24) is 0 Å². The molecular formula is C11H15NO3. The fourth-order valence-corrected chi connectivity index (χ4v) is 0.964. The van der Waals surface area contributed by atoms with Crippen LogP contribution in [-0.4, -0.2) is 25.8 Å². The molecule has 0 spiro atoms. The molecule has 1 atom stereocenters. The van der Waals surface area contributed by atoms with E-state index in [1.54, 1.807) is 31.4 Å². The third-order valence-corrected chi connectivity index (χ3v) is 2.00. The zero-order valence-electron chi connectivity index (χ0n) is 8.90. The van der Waals surface area contributed by atoms with Crippen LogP contribution in [0, 0.1) is 0 Å². The minimum absolute atomic E-state index is 0.0947. The van der Waals surface area contributed by atoms with Gasteiger partial charge in [0.05, 0.1) is 11.7 Å². The van der Waals surface area contributed by atoms with E-state index in [-0.39, 0.29) is 18.7 Å². The van der Waals surface area contributed by atoms with Crippen LogP contribution in [-0.2, 0) is 9.47 Å². The molecule has 0 aromatic heterocycles. The maximum atomic E-state index is 11.5. The lowest BCUT2D eigenvalue weighted by molar-refractivity contribution is 0.0169. The molecular weight excluding hydrogens is 194 g/mol. The highest BCUT2D eigenvalue weighted by Crippen LogP contribution is 2.07. The number of hydrogen-bond acceptors (Lipinski definition) is 4. The Morgan fingerprint density at radius 2 is 2.00 bits per heavy atom. The van der Waals surface area contributed by atoms with Crippen LogP contribution in [0.1, 0.15) is 17.3 Å². The summed E-state index contributed by atoms with van der Waals surface area (Å²) in [5, 5.41) is 0. The average Bonchev–Trinajstić information content (AvgIpc) is 2.26. The molecule has 4 nitrogen and oxygen atoms in total. The zero-order chi connectivity index (χ0) is 11.3. The van der Waals surface area contributed by atoms with Gasteiger partial charge in [-0.25, -0.2) is 4.79 Å². The second-order valence-electron chi connectivity index (χ2n) is 3.27. The van der Waals surface area contributed by atoms with E-state index in [1.165, 1.54) is 0 Å². The van der Waals surface area contributed by atoms with Crippen LogP contribution < -0.4 is 5.73 Å².